The van der Waals surface area contributed by atoms with Gasteiger partial charge in [0.15, 0.2) is 0 Å². The highest BCUT2D eigenvalue weighted by molar-refractivity contribution is 6.29. The molecule has 0 heterocycles. The molecule has 82 valence electrons. The van der Waals surface area contributed by atoms with Crippen molar-refractivity contribution in [3.8, 4) is 5.75 Å². The van der Waals surface area contributed by atoms with E-state index in [9.17, 15) is 4.79 Å². The number of carbonyl (C=O) groups is 1. The molecule has 2 nitrogen and oxygen atoms in total. The summed E-state index contributed by atoms with van der Waals surface area (Å²) in [6, 6.07) is 13.4. The fourth-order valence-corrected chi connectivity index (χ4v) is 1.47. The first kappa shape index (κ1) is 11.0. The minimum atomic E-state index is -0.633. The van der Waals surface area contributed by atoms with Crippen molar-refractivity contribution in [3.63, 3.8) is 0 Å². The second kappa shape index (κ2) is 4.54. The van der Waals surface area contributed by atoms with Crippen LogP contribution in [0.4, 0.5) is 0 Å². The summed E-state index contributed by atoms with van der Waals surface area (Å²) in [5.41, 5.74) is 0. The molecule has 16 heavy (non-hydrogen) atoms. The van der Waals surface area contributed by atoms with Gasteiger partial charge in [-0.25, -0.2) is 0 Å². The van der Waals surface area contributed by atoms with Gasteiger partial charge < -0.3 is 4.74 Å². The summed E-state index contributed by atoms with van der Waals surface area (Å²) in [6.07, 6.45) is 0. The third-order valence-electron chi connectivity index (χ3n) is 2.26. The Balaban J connectivity index is 2.29. The molecular formula is C13H11ClO2. The fourth-order valence-electron chi connectivity index (χ4n) is 1.43. The van der Waals surface area contributed by atoms with Crippen LogP contribution in [0.25, 0.3) is 10.8 Å². The summed E-state index contributed by atoms with van der Waals surface area (Å²) >= 11 is 5.62. The van der Waals surface area contributed by atoms with Crippen molar-refractivity contribution < 1.29 is 9.53 Å². The summed E-state index contributed by atoms with van der Waals surface area (Å²) in [5.74, 6) is 0.0909. The molecule has 2 rings (SSSR count). The SMILES string of the molecule is CC(Cl)C(=O)Oc1ccc2ccccc2c1. The molecule has 0 aliphatic heterocycles. The largest absolute Gasteiger partial charge is 0.425 e. The van der Waals surface area contributed by atoms with Crippen LogP contribution in [0.3, 0.4) is 0 Å². The van der Waals surface area contributed by atoms with Gasteiger partial charge in [0.05, 0.1) is 0 Å². The van der Waals surface area contributed by atoms with Gasteiger partial charge in [-0.05, 0) is 29.8 Å². The molecule has 0 fully saturated rings. The van der Waals surface area contributed by atoms with E-state index in [0.29, 0.717) is 5.75 Å². The molecule has 0 radical (unpaired) electrons. The maximum Gasteiger partial charge on any atom is 0.329 e. The highest BCUT2D eigenvalue weighted by Crippen LogP contribution is 2.21. The van der Waals surface area contributed by atoms with E-state index in [1.165, 1.54) is 0 Å². The normalized spacial score (nSPS) is 12.4. The molecule has 1 unspecified atom stereocenters. The standard InChI is InChI=1S/C13H11ClO2/c1-9(14)13(15)16-12-7-6-10-4-2-3-5-11(10)8-12/h2-9H,1H3. The van der Waals surface area contributed by atoms with E-state index >= 15 is 0 Å². The van der Waals surface area contributed by atoms with Crippen molar-refractivity contribution >= 4 is 28.3 Å². The maximum atomic E-state index is 11.3. The van der Waals surface area contributed by atoms with Crippen molar-refractivity contribution in [3.05, 3.63) is 42.5 Å². The Hall–Kier alpha value is -1.54. The Kier molecular flexibility index (Phi) is 3.11. The minimum absolute atomic E-state index is 0.433. The molecule has 0 amide bonds. The molecule has 0 aliphatic carbocycles. The number of hydrogen-bond acceptors (Lipinski definition) is 2. The van der Waals surface area contributed by atoms with Gasteiger partial charge in [0.25, 0.3) is 0 Å². The number of rotatable bonds is 2. The first-order valence-corrected chi connectivity index (χ1v) is 5.45. The Labute approximate surface area is 98.8 Å². The monoisotopic (exact) mass is 234 g/mol. The summed E-state index contributed by atoms with van der Waals surface area (Å²) in [7, 11) is 0. The van der Waals surface area contributed by atoms with Crippen LogP contribution in [-0.4, -0.2) is 11.3 Å². The molecule has 0 N–H and O–H groups in total. The first-order valence-electron chi connectivity index (χ1n) is 5.01. The highest BCUT2D eigenvalue weighted by atomic mass is 35.5. The molecule has 3 heteroatoms. The number of ether oxygens (including phenoxy) is 1. The second-order valence-corrected chi connectivity index (χ2v) is 4.20. The van der Waals surface area contributed by atoms with Gasteiger partial charge in [-0.2, -0.15) is 0 Å². The van der Waals surface area contributed by atoms with Gasteiger partial charge in [-0.1, -0.05) is 30.3 Å². The smallest absolute Gasteiger partial charge is 0.329 e. The molecule has 0 saturated carbocycles. The van der Waals surface area contributed by atoms with Crippen molar-refractivity contribution in [2.45, 2.75) is 12.3 Å². The summed E-state index contributed by atoms with van der Waals surface area (Å²) < 4.78 is 5.11. The number of esters is 1. The van der Waals surface area contributed by atoms with Gasteiger partial charge >= 0.3 is 5.97 Å². The minimum Gasteiger partial charge on any atom is -0.425 e. The topological polar surface area (TPSA) is 26.3 Å². The van der Waals surface area contributed by atoms with Crippen LogP contribution in [0.2, 0.25) is 0 Å². The summed E-state index contributed by atoms with van der Waals surface area (Å²) in [4.78, 5) is 11.3. The van der Waals surface area contributed by atoms with E-state index in [2.05, 4.69) is 0 Å². The van der Waals surface area contributed by atoms with E-state index < -0.39 is 11.3 Å². The van der Waals surface area contributed by atoms with Gasteiger partial charge in [0, 0.05) is 0 Å². The van der Waals surface area contributed by atoms with Crippen molar-refractivity contribution in [1.82, 2.24) is 0 Å². The molecule has 0 saturated heterocycles. The van der Waals surface area contributed by atoms with Gasteiger partial charge in [0.1, 0.15) is 11.1 Å². The van der Waals surface area contributed by atoms with Crippen LogP contribution in [0.1, 0.15) is 6.92 Å². The second-order valence-electron chi connectivity index (χ2n) is 3.55. The van der Waals surface area contributed by atoms with Crippen molar-refractivity contribution in [2.75, 3.05) is 0 Å². The van der Waals surface area contributed by atoms with Crippen molar-refractivity contribution in [1.29, 1.82) is 0 Å². The molecule has 2 aromatic carbocycles. The lowest BCUT2D eigenvalue weighted by Crippen LogP contribution is -2.17. The number of benzene rings is 2. The van der Waals surface area contributed by atoms with E-state index in [1.54, 1.807) is 13.0 Å². The third kappa shape index (κ3) is 2.34. The average Bonchev–Trinajstić information content (AvgIpc) is 2.28. The predicted molar refractivity (Wildman–Crippen MR) is 64.9 cm³/mol. The number of hydrogen-bond donors (Lipinski definition) is 0. The average molecular weight is 235 g/mol. The zero-order chi connectivity index (χ0) is 11.5. The predicted octanol–water partition coefficient (Wildman–Crippen LogP) is 3.37. The Morgan fingerprint density at radius 3 is 2.56 bits per heavy atom. The van der Waals surface area contributed by atoms with Crippen LogP contribution >= 0.6 is 11.6 Å². The van der Waals surface area contributed by atoms with Crippen LogP contribution in [0.15, 0.2) is 42.5 Å². The highest BCUT2D eigenvalue weighted by Gasteiger charge is 2.11. The van der Waals surface area contributed by atoms with E-state index in [0.717, 1.165) is 10.8 Å². The zero-order valence-electron chi connectivity index (χ0n) is 8.81. The van der Waals surface area contributed by atoms with E-state index in [1.807, 2.05) is 36.4 Å². The lowest BCUT2D eigenvalue weighted by atomic mass is 10.1. The first-order chi connectivity index (χ1) is 7.66. The van der Waals surface area contributed by atoms with Gasteiger partial charge in [-0.3, -0.25) is 4.79 Å². The van der Waals surface area contributed by atoms with Crippen LogP contribution in [0, 0.1) is 0 Å². The Morgan fingerprint density at radius 2 is 1.88 bits per heavy atom. The number of halogens is 1. The van der Waals surface area contributed by atoms with E-state index in [-0.39, 0.29) is 0 Å². The Morgan fingerprint density at radius 1 is 1.19 bits per heavy atom. The van der Waals surface area contributed by atoms with Crippen LogP contribution in [-0.2, 0) is 4.79 Å². The molecule has 2 aromatic rings. The third-order valence-corrected chi connectivity index (χ3v) is 2.44. The van der Waals surface area contributed by atoms with Gasteiger partial charge in [-0.15, -0.1) is 11.6 Å². The molecule has 0 spiro atoms. The van der Waals surface area contributed by atoms with Crippen LogP contribution in [0.5, 0.6) is 5.75 Å². The summed E-state index contributed by atoms with van der Waals surface area (Å²) in [6.45, 7) is 1.59. The number of carbonyl (C=O) groups excluding carboxylic acids is 1. The quantitative estimate of drug-likeness (QED) is 0.452. The Bertz CT molecular complexity index is 520. The molecular weight excluding hydrogens is 224 g/mol. The fraction of sp³-hybridized carbons (Fsp3) is 0.154. The molecule has 0 bridgehead atoms. The summed E-state index contributed by atoms with van der Waals surface area (Å²) in [5, 5.41) is 1.52. The maximum absolute atomic E-state index is 11.3. The lowest BCUT2D eigenvalue weighted by molar-refractivity contribution is -0.133. The lowest BCUT2D eigenvalue weighted by Gasteiger charge is -2.06. The molecule has 0 aromatic heterocycles. The van der Waals surface area contributed by atoms with Gasteiger partial charge in [0.2, 0.25) is 0 Å². The van der Waals surface area contributed by atoms with Crippen molar-refractivity contribution in [2.24, 2.45) is 0 Å². The zero-order valence-corrected chi connectivity index (χ0v) is 9.57. The number of alkyl halides is 1. The van der Waals surface area contributed by atoms with E-state index in [4.69, 9.17) is 16.3 Å². The van der Waals surface area contributed by atoms with Crippen LogP contribution < -0.4 is 4.74 Å². The number of fused-ring (bicyclic) bond motifs is 1. The molecule has 1 atom stereocenters. The molecule has 0 aliphatic rings.